The van der Waals surface area contributed by atoms with Gasteiger partial charge in [-0.3, -0.25) is 0 Å². The summed E-state index contributed by atoms with van der Waals surface area (Å²) in [6, 6.07) is 9.23. The molecule has 122 valence electrons. The number of hydrogen-bond donors (Lipinski definition) is 1. The zero-order chi connectivity index (χ0) is 16.6. The van der Waals surface area contributed by atoms with Crippen LogP contribution in [-0.2, 0) is 10.0 Å². The van der Waals surface area contributed by atoms with Gasteiger partial charge in [0.2, 0.25) is 10.0 Å². The van der Waals surface area contributed by atoms with Gasteiger partial charge in [0.1, 0.15) is 5.82 Å². The van der Waals surface area contributed by atoms with Crippen LogP contribution >= 0.6 is 11.8 Å². The van der Waals surface area contributed by atoms with E-state index in [0.717, 1.165) is 21.8 Å². The van der Waals surface area contributed by atoms with Crippen molar-refractivity contribution in [2.45, 2.75) is 36.1 Å². The lowest BCUT2D eigenvalue weighted by Crippen LogP contribution is -2.31. The molecule has 2 aromatic carbocycles. The molecule has 3 rings (SSSR count). The molecule has 0 aliphatic carbocycles. The minimum absolute atomic E-state index is 0.247. The summed E-state index contributed by atoms with van der Waals surface area (Å²) >= 11 is 1.63. The summed E-state index contributed by atoms with van der Waals surface area (Å²) in [5, 5.41) is 0. The monoisotopic (exact) mass is 351 g/mol. The SMILES string of the molecule is Cc1ccc(S(=O)(=O)N[C@@H]2CCSc3ccc(F)cc32)cc1C. The molecule has 1 heterocycles. The lowest BCUT2D eigenvalue weighted by Gasteiger charge is -2.26. The lowest BCUT2D eigenvalue weighted by molar-refractivity contribution is 0.541. The van der Waals surface area contributed by atoms with Crippen molar-refractivity contribution in [3.63, 3.8) is 0 Å². The number of nitrogens with one attached hydrogen (secondary N) is 1. The molecule has 3 nitrogen and oxygen atoms in total. The van der Waals surface area contributed by atoms with Crippen LogP contribution in [0.5, 0.6) is 0 Å². The van der Waals surface area contributed by atoms with Crippen LogP contribution in [0.2, 0.25) is 0 Å². The third-order valence-corrected chi connectivity index (χ3v) is 6.69. The van der Waals surface area contributed by atoms with Crippen molar-refractivity contribution in [2.75, 3.05) is 5.75 Å². The van der Waals surface area contributed by atoms with E-state index >= 15 is 0 Å². The Morgan fingerprint density at radius 2 is 1.91 bits per heavy atom. The molecule has 0 spiro atoms. The molecule has 6 heteroatoms. The summed E-state index contributed by atoms with van der Waals surface area (Å²) in [5.41, 5.74) is 2.69. The summed E-state index contributed by atoms with van der Waals surface area (Å²) < 4.78 is 41.6. The zero-order valence-corrected chi connectivity index (χ0v) is 14.6. The van der Waals surface area contributed by atoms with Crippen molar-refractivity contribution in [1.82, 2.24) is 4.72 Å². The fourth-order valence-corrected chi connectivity index (χ4v) is 5.06. The van der Waals surface area contributed by atoms with Gasteiger partial charge in [0.05, 0.1) is 4.90 Å². The Kier molecular flexibility index (Phi) is 4.49. The van der Waals surface area contributed by atoms with Crippen LogP contribution in [0.4, 0.5) is 4.39 Å². The molecule has 0 amide bonds. The normalized spacial score (nSPS) is 17.8. The summed E-state index contributed by atoms with van der Waals surface area (Å²) in [7, 11) is -3.64. The molecule has 0 fully saturated rings. The Morgan fingerprint density at radius 3 is 2.65 bits per heavy atom. The first-order valence-electron chi connectivity index (χ1n) is 7.39. The second-order valence-corrected chi connectivity index (χ2v) is 8.59. The highest BCUT2D eigenvalue weighted by molar-refractivity contribution is 7.99. The van der Waals surface area contributed by atoms with Gasteiger partial charge in [0.15, 0.2) is 0 Å². The predicted octanol–water partition coefficient (Wildman–Crippen LogP) is 3.96. The van der Waals surface area contributed by atoms with Crippen LogP contribution in [0.3, 0.4) is 0 Å². The first kappa shape index (κ1) is 16.5. The second-order valence-electron chi connectivity index (χ2n) is 5.74. The highest BCUT2D eigenvalue weighted by atomic mass is 32.2. The number of sulfonamides is 1. The second kappa shape index (κ2) is 6.26. The van der Waals surface area contributed by atoms with Crippen LogP contribution < -0.4 is 4.72 Å². The maximum atomic E-state index is 13.5. The average Bonchev–Trinajstić information content (AvgIpc) is 2.50. The number of rotatable bonds is 3. The molecular formula is C17H18FNO2S2. The van der Waals surface area contributed by atoms with Gasteiger partial charge in [-0.05, 0) is 73.0 Å². The maximum absolute atomic E-state index is 13.5. The predicted molar refractivity (Wildman–Crippen MR) is 90.7 cm³/mol. The Labute approximate surface area is 140 Å². The topological polar surface area (TPSA) is 46.2 Å². The van der Waals surface area contributed by atoms with Crippen molar-refractivity contribution < 1.29 is 12.8 Å². The molecule has 1 aliphatic heterocycles. The summed E-state index contributed by atoms with van der Waals surface area (Å²) in [6.07, 6.45) is 0.644. The van der Waals surface area contributed by atoms with E-state index in [-0.39, 0.29) is 10.7 Å². The van der Waals surface area contributed by atoms with Gasteiger partial charge in [0, 0.05) is 10.9 Å². The van der Waals surface area contributed by atoms with E-state index in [9.17, 15) is 12.8 Å². The Hall–Kier alpha value is -1.37. The maximum Gasteiger partial charge on any atom is 0.241 e. The van der Waals surface area contributed by atoms with E-state index in [4.69, 9.17) is 0 Å². The number of halogens is 1. The molecular weight excluding hydrogens is 333 g/mol. The van der Waals surface area contributed by atoms with E-state index in [1.54, 1.807) is 36.0 Å². The molecule has 1 aliphatic rings. The Bertz CT molecular complexity index is 850. The van der Waals surface area contributed by atoms with Crippen LogP contribution in [0.15, 0.2) is 46.2 Å². The number of benzene rings is 2. The van der Waals surface area contributed by atoms with Crippen LogP contribution in [0.1, 0.15) is 29.2 Å². The molecule has 0 unspecified atom stereocenters. The van der Waals surface area contributed by atoms with Crippen LogP contribution in [0, 0.1) is 19.7 Å². The molecule has 0 aromatic heterocycles. The van der Waals surface area contributed by atoms with Crippen molar-refractivity contribution in [2.24, 2.45) is 0 Å². The summed E-state index contributed by atoms with van der Waals surface area (Å²) in [4.78, 5) is 1.18. The number of thioether (sulfide) groups is 1. The van der Waals surface area contributed by atoms with Gasteiger partial charge < -0.3 is 0 Å². The third kappa shape index (κ3) is 3.44. The van der Waals surface area contributed by atoms with E-state index < -0.39 is 16.1 Å². The van der Waals surface area contributed by atoms with Gasteiger partial charge in [-0.2, -0.15) is 0 Å². The van der Waals surface area contributed by atoms with E-state index in [2.05, 4.69) is 4.72 Å². The highest BCUT2D eigenvalue weighted by Gasteiger charge is 2.26. The molecule has 1 atom stereocenters. The van der Waals surface area contributed by atoms with Gasteiger partial charge in [-0.25, -0.2) is 17.5 Å². The minimum Gasteiger partial charge on any atom is -0.207 e. The zero-order valence-electron chi connectivity index (χ0n) is 13.0. The van der Waals surface area contributed by atoms with Gasteiger partial charge >= 0.3 is 0 Å². The quantitative estimate of drug-likeness (QED) is 0.910. The van der Waals surface area contributed by atoms with Crippen molar-refractivity contribution in [1.29, 1.82) is 0 Å². The van der Waals surface area contributed by atoms with Gasteiger partial charge in [0.25, 0.3) is 0 Å². The number of fused-ring (bicyclic) bond motifs is 1. The van der Waals surface area contributed by atoms with Crippen LogP contribution in [-0.4, -0.2) is 14.2 Å². The summed E-state index contributed by atoms with van der Waals surface area (Å²) in [5.74, 6) is 0.459. The van der Waals surface area contributed by atoms with Crippen LogP contribution in [0.25, 0.3) is 0 Å². The molecule has 0 saturated heterocycles. The average molecular weight is 351 g/mol. The molecule has 1 N–H and O–H groups in total. The molecule has 0 saturated carbocycles. The Morgan fingerprint density at radius 1 is 1.13 bits per heavy atom. The fraction of sp³-hybridized carbons (Fsp3) is 0.294. The standard InChI is InChI=1S/C17H18FNO2S2/c1-11-3-5-14(9-12(11)2)23(20,21)19-16-7-8-22-17-6-4-13(18)10-15(16)17/h3-6,9-10,16,19H,7-8H2,1-2H3/t16-/m1/s1. The number of aryl methyl sites for hydroxylation is 2. The highest BCUT2D eigenvalue weighted by Crippen LogP contribution is 2.37. The summed E-state index contributed by atoms with van der Waals surface area (Å²) in [6.45, 7) is 3.83. The Balaban J connectivity index is 1.93. The molecule has 0 radical (unpaired) electrons. The lowest BCUT2D eigenvalue weighted by atomic mass is 10.0. The minimum atomic E-state index is -3.64. The first-order valence-corrected chi connectivity index (χ1v) is 9.85. The number of hydrogen-bond acceptors (Lipinski definition) is 3. The third-order valence-electron chi connectivity index (χ3n) is 4.10. The molecule has 2 aromatic rings. The largest absolute Gasteiger partial charge is 0.241 e. The smallest absolute Gasteiger partial charge is 0.207 e. The van der Waals surface area contributed by atoms with Gasteiger partial charge in [-0.15, -0.1) is 11.8 Å². The van der Waals surface area contributed by atoms with E-state index in [0.29, 0.717) is 12.0 Å². The van der Waals surface area contributed by atoms with Gasteiger partial charge in [-0.1, -0.05) is 6.07 Å². The fourth-order valence-electron chi connectivity index (χ4n) is 2.62. The first-order chi connectivity index (χ1) is 10.9. The van der Waals surface area contributed by atoms with Crippen molar-refractivity contribution in [3.8, 4) is 0 Å². The van der Waals surface area contributed by atoms with Crippen molar-refractivity contribution in [3.05, 3.63) is 58.9 Å². The van der Waals surface area contributed by atoms with E-state index in [1.807, 2.05) is 13.8 Å². The molecule has 0 bridgehead atoms. The molecule has 23 heavy (non-hydrogen) atoms. The van der Waals surface area contributed by atoms with Crippen molar-refractivity contribution >= 4 is 21.8 Å². The van der Waals surface area contributed by atoms with E-state index in [1.165, 1.54) is 12.1 Å².